The number of para-hydroxylation sites is 1. The lowest BCUT2D eigenvalue weighted by Crippen LogP contribution is -2.12. The van der Waals surface area contributed by atoms with Gasteiger partial charge in [-0.1, -0.05) is 54.6 Å². The molecule has 7 heteroatoms. The number of nitrogens with two attached hydrogens (primary N) is 1. The van der Waals surface area contributed by atoms with Crippen LogP contribution in [0.3, 0.4) is 0 Å². The van der Waals surface area contributed by atoms with E-state index in [9.17, 15) is 9.90 Å². The minimum absolute atomic E-state index is 0.0296. The molecule has 31 heavy (non-hydrogen) atoms. The molecule has 156 valence electrons. The third kappa shape index (κ3) is 3.85. The molecular weight excluding hydrogens is 392 g/mol. The van der Waals surface area contributed by atoms with Crippen LogP contribution < -0.4 is 10.5 Å². The summed E-state index contributed by atoms with van der Waals surface area (Å²) in [5, 5.41) is 17.5. The molecule has 0 saturated heterocycles. The van der Waals surface area contributed by atoms with Crippen molar-refractivity contribution in [3.8, 4) is 17.1 Å². The van der Waals surface area contributed by atoms with Crippen LogP contribution in [0.1, 0.15) is 35.2 Å². The maximum Gasteiger partial charge on any atom is 0.337 e. The number of hydrogen-bond donors (Lipinski definition) is 3. The quantitative estimate of drug-likeness (QED) is 0.308. The van der Waals surface area contributed by atoms with Gasteiger partial charge in [-0.15, -0.1) is 0 Å². The number of benzene rings is 3. The maximum absolute atomic E-state index is 11.9. The van der Waals surface area contributed by atoms with Gasteiger partial charge in [-0.2, -0.15) is 4.98 Å². The summed E-state index contributed by atoms with van der Waals surface area (Å²) >= 11 is 0. The molecule has 1 heterocycles. The Morgan fingerprint density at radius 3 is 2.61 bits per heavy atom. The number of nitrogens with zero attached hydrogens (tertiary/aromatic N) is 2. The molecule has 1 aromatic heterocycles. The lowest BCUT2D eigenvalue weighted by molar-refractivity contribution is 0.0698. The molecule has 7 nitrogen and oxygen atoms in total. The van der Waals surface area contributed by atoms with Gasteiger partial charge in [0.2, 0.25) is 0 Å². The summed E-state index contributed by atoms with van der Waals surface area (Å²) in [4.78, 5) is 16.1. The number of aromatic nitrogens is 2. The number of carboxylic acid groups (broad SMARTS) is 1. The highest BCUT2D eigenvalue weighted by Crippen LogP contribution is 2.28. The van der Waals surface area contributed by atoms with Crippen molar-refractivity contribution in [2.45, 2.75) is 13.4 Å². The lowest BCUT2D eigenvalue weighted by Gasteiger charge is -2.12. The van der Waals surface area contributed by atoms with Crippen molar-refractivity contribution in [2.75, 3.05) is 6.56 Å². The van der Waals surface area contributed by atoms with E-state index in [-0.39, 0.29) is 35.0 Å². The molecule has 0 amide bonds. The van der Waals surface area contributed by atoms with E-state index in [1.54, 1.807) is 24.3 Å². The molecule has 3 aromatic carbocycles. The Bertz CT molecular complexity index is 1460. The summed E-state index contributed by atoms with van der Waals surface area (Å²) < 4.78 is 44.7. The Balaban J connectivity index is 1.79. The summed E-state index contributed by atoms with van der Waals surface area (Å²) in [6.07, 6.45) is 0. The van der Waals surface area contributed by atoms with Crippen molar-refractivity contribution >= 4 is 22.8 Å². The van der Waals surface area contributed by atoms with Crippen LogP contribution in [-0.4, -0.2) is 33.0 Å². The smallest absolute Gasteiger partial charge is 0.337 e. The average molecular weight is 419 g/mol. The van der Waals surface area contributed by atoms with Crippen LogP contribution in [0.4, 0.5) is 0 Å². The molecule has 0 aliphatic carbocycles. The van der Waals surface area contributed by atoms with Crippen LogP contribution in [0.15, 0.2) is 66.7 Å². The first kappa shape index (κ1) is 14.8. The third-order valence-electron chi connectivity index (χ3n) is 4.93. The number of aromatic carboxylic acids is 1. The van der Waals surface area contributed by atoms with Crippen LogP contribution in [0, 0.1) is 5.41 Å². The zero-order valence-electron chi connectivity index (χ0n) is 21.3. The predicted molar refractivity (Wildman–Crippen MR) is 120 cm³/mol. The van der Waals surface area contributed by atoms with Crippen molar-refractivity contribution < 1.29 is 21.5 Å². The van der Waals surface area contributed by atoms with Crippen LogP contribution in [-0.2, 0) is 6.54 Å². The number of nitrogen functional groups attached to an aromatic ring is 1. The van der Waals surface area contributed by atoms with Crippen molar-refractivity contribution in [3.63, 3.8) is 0 Å². The number of amidine groups is 1. The van der Waals surface area contributed by atoms with Gasteiger partial charge < -0.3 is 15.6 Å². The first-order valence-corrected chi connectivity index (χ1v) is 9.33. The van der Waals surface area contributed by atoms with Gasteiger partial charge >= 0.3 is 5.97 Å². The normalized spacial score (nSPS) is 14.1. The number of rotatable bonds is 7. The van der Waals surface area contributed by atoms with E-state index >= 15 is 0 Å². The highest BCUT2D eigenvalue weighted by Gasteiger charge is 2.19. The second kappa shape index (κ2) is 8.31. The summed E-state index contributed by atoms with van der Waals surface area (Å²) in [6.45, 7) is -6.13. The average Bonchev–Trinajstić information content (AvgIpc) is 3.15. The molecule has 0 aliphatic heterocycles. The van der Waals surface area contributed by atoms with Gasteiger partial charge in [-0.25, -0.2) is 4.79 Å². The molecule has 0 spiro atoms. The van der Waals surface area contributed by atoms with E-state index in [2.05, 4.69) is 4.98 Å². The number of nitrogens with one attached hydrogen (secondary N) is 1. The number of carboxylic acids is 1. The van der Waals surface area contributed by atoms with Gasteiger partial charge in [0.1, 0.15) is 5.84 Å². The van der Waals surface area contributed by atoms with Gasteiger partial charge in [0.15, 0.2) is 0 Å². The van der Waals surface area contributed by atoms with Gasteiger partial charge in [-0.3, -0.25) is 9.98 Å². The minimum atomic E-state index is -3.10. The van der Waals surface area contributed by atoms with E-state index in [4.69, 9.17) is 22.7 Å². The number of ether oxygens (including phenoxy) is 1. The van der Waals surface area contributed by atoms with Crippen molar-refractivity contribution in [2.24, 2.45) is 5.73 Å². The zero-order valence-corrected chi connectivity index (χ0v) is 16.3. The molecule has 4 rings (SSSR count). The monoisotopic (exact) mass is 419 g/mol. The summed E-state index contributed by atoms with van der Waals surface area (Å²) in [7, 11) is 0. The fraction of sp³-hybridized carbons (Fsp3) is 0.125. The second-order valence-corrected chi connectivity index (χ2v) is 6.82. The Kier molecular flexibility index (Phi) is 3.97. The topological polar surface area (TPSA) is 114 Å². The molecule has 0 atom stereocenters. The highest BCUT2D eigenvalue weighted by molar-refractivity contribution is 6.02. The zero-order chi connectivity index (χ0) is 26.3. The largest absolute Gasteiger partial charge is 0.478 e. The second-order valence-electron chi connectivity index (χ2n) is 6.82. The Morgan fingerprint density at radius 2 is 1.90 bits per heavy atom. The number of imidazole rings is 1. The van der Waals surface area contributed by atoms with Gasteiger partial charge in [0, 0.05) is 9.68 Å². The van der Waals surface area contributed by atoms with Gasteiger partial charge in [0.05, 0.1) is 32.4 Å². The standard InChI is InChI=1S/C24H22N4O3/c1-2-31-24-27-20-9-5-8-19(23(29)30)21(20)28(24)14-15-10-12-16(13-11-15)17-6-3-4-7-18(17)22(25)26/h3-13H,2,14H2,1H3,(H3,25,26)(H,29,30)/i1D3,2D2. The first-order chi connectivity index (χ1) is 16.9. The molecule has 4 aromatic rings. The minimum Gasteiger partial charge on any atom is -0.478 e. The van der Waals surface area contributed by atoms with Crippen LogP contribution >= 0.6 is 0 Å². The van der Waals surface area contributed by atoms with Crippen molar-refractivity contribution in [1.82, 2.24) is 9.55 Å². The predicted octanol–water partition coefficient (Wildman–Crippen LogP) is 4.13. The molecule has 0 bridgehead atoms. The van der Waals surface area contributed by atoms with Crippen molar-refractivity contribution in [3.05, 3.63) is 83.4 Å². The molecule has 0 saturated carbocycles. The van der Waals surface area contributed by atoms with E-state index in [1.165, 1.54) is 22.8 Å². The molecular formula is C24H22N4O3. The van der Waals surface area contributed by atoms with Gasteiger partial charge in [-0.05, 0) is 35.7 Å². The molecule has 4 N–H and O–H groups in total. The van der Waals surface area contributed by atoms with E-state index in [0.717, 1.165) is 11.1 Å². The first-order valence-electron chi connectivity index (χ1n) is 11.8. The van der Waals surface area contributed by atoms with E-state index in [0.29, 0.717) is 11.1 Å². The Morgan fingerprint density at radius 1 is 1.16 bits per heavy atom. The Labute approximate surface area is 186 Å². The highest BCUT2D eigenvalue weighted by atomic mass is 16.5. The van der Waals surface area contributed by atoms with Crippen LogP contribution in [0.5, 0.6) is 6.01 Å². The molecule has 0 radical (unpaired) electrons. The lowest BCUT2D eigenvalue weighted by atomic mass is 9.98. The van der Waals surface area contributed by atoms with Crippen molar-refractivity contribution in [1.29, 1.82) is 5.41 Å². The summed E-state index contributed by atoms with van der Waals surface area (Å²) in [6, 6.07) is 18.5. The maximum atomic E-state index is 11.9. The fourth-order valence-corrected chi connectivity index (χ4v) is 3.55. The summed E-state index contributed by atoms with van der Waals surface area (Å²) in [5.74, 6) is -1.28. The third-order valence-corrected chi connectivity index (χ3v) is 4.93. The Hall–Kier alpha value is -4.13. The van der Waals surface area contributed by atoms with Gasteiger partial charge in [0.25, 0.3) is 6.01 Å². The molecule has 0 aliphatic rings. The van der Waals surface area contributed by atoms with E-state index < -0.39 is 19.4 Å². The van der Waals surface area contributed by atoms with E-state index in [1.807, 2.05) is 24.3 Å². The fourth-order valence-electron chi connectivity index (χ4n) is 3.55. The number of hydrogen-bond acceptors (Lipinski definition) is 4. The van der Waals surface area contributed by atoms with Crippen LogP contribution in [0.25, 0.3) is 22.2 Å². The molecule has 0 fully saturated rings. The molecule has 0 unspecified atom stereocenters. The van der Waals surface area contributed by atoms with Crippen LogP contribution in [0.2, 0.25) is 0 Å². The SMILES string of the molecule is [2H]C([2H])([2H])C([2H])([2H])Oc1nc2cccc(C(=O)O)c2n1Cc1ccc(-c2ccccc2C(=N)N)cc1. The number of carbonyl (C=O) groups is 1. The summed E-state index contributed by atoms with van der Waals surface area (Å²) in [5.41, 5.74) is 8.86. The number of fused-ring (bicyclic) bond motifs is 1.